The number of rotatable bonds is 7. The highest BCUT2D eigenvalue weighted by molar-refractivity contribution is 6.33. The molecule has 0 fully saturated rings. The SMILES string of the molecule is O=C(CCN1C(=O)c2ccccc2C1=O)NCCNC(=O)c1c(F)cccc1Cl. The predicted molar refractivity (Wildman–Crippen MR) is 103 cm³/mol. The van der Waals surface area contributed by atoms with Crippen LogP contribution in [-0.2, 0) is 4.79 Å². The van der Waals surface area contributed by atoms with Gasteiger partial charge in [0.15, 0.2) is 0 Å². The number of fused-ring (bicyclic) bond motifs is 1. The third-order valence-electron chi connectivity index (χ3n) is 4.36. The number of carbonyl (C=O) groups excluding carboxylic acids is 4. The summed E-state index contributed by atoms with van der Waals surface area (Å²) in [6.45, 7) is 0.108. The topological polar surface area (TPSA) is 95.6 Å². The van der Waals surface area contributed by atoms with Gasteiger partial charge < -0.3 is 10.6 Å². The summed E-state index contributed by atoms with van der Waals surface area (Å²) in [6, 6.07) is 10.4. The van der Waals surface area contributed by atoms with Crippen LogP contribution in [-0.4, -0.2) is 48.2 Å². The first-order valence-electron chi connectivity index (χ1n) is 8.84. The van der Waals surface area contributed by atoms with Crippen molar-refractivity contribution in [2.24, 2.45) is 0 Å². The van der Waals surface area contributed by atoms with Crippen LogP contribution in [0.5, 0.6) is 0 Å². The van der Waals surface area contributed by atoms with Crippen LogP contribution >= 0.6 is 11.6 Å². The molecular weight excluding hydrogens is 401 g/mol. The van der Waals surface area contributed by atoms with Crippen LogP contribution in [0.25, 0.3) is 0 Å². The number of imide groups is 1. The molecule has 0 saturated heterocycles. The van der Waals surface area contributed by atoms with Crippen LogP contribution < -0.4 is 10.6 Å². The first kappa shape index (κ1) is 20.5. The molecule has 0 spiro atoms. The fraction of sp³-hybridized carbons (Fsp3) is 0.200. The minimum absolute atomic E-state index is 0.00696. The maximum absolute atomic E-state index is 13.7. The number of nitrogens with zero attached hydrogens (tertiary/aromatic N) is 1. The summed E-state index contributed by atoms with van der Waals surface area (Å²) in [6.07, 6.45) is -0.0709. The van der Waals surface area contributed by atoms with Crippen molar-refractivity contribution in [3.8, 4) is 0 Å². The third-order valence-corrected chi connectivity index (χ3v) is 4.68. The lowest BCUT2D eigenvalue weighted by molar-refractivity contribution is -0.121. The second-order valence-corrected chi connectivity index (χ2v) is 6.67. The van der Waals surface area contributed by atoms with E-state index in [1.807, 2.05) is 0 Å². The van der Waals surface area contributed by atoms with Gasteiger partial charge >= 0.3 is 0 Å². The fourth-order valence-electron chi connectivity index (χ4n) is 2.93. The minimum atomic E-state index is -0.736. The maximum Gasteiger partial charge on any atom is 0.261 e. The van der Waals surface area contributed by atoms with Crippen LogP contribution in [0, 0.1) is 5.82 Å². The molecule has 2 aromatic carbocycles. The van der Waals surface area contributed by atoms with E-state index in [1.54, 1.807) is 24.3 Å². The molecule has 2 N–H and O–H groups in total. The average molecular weight is 418 g/mol. The highest BCUT2D eigenvalue weighted by Crippen LogP contribution is 2.22. The van der Waals surface area contributed by atoms with E-state index < -0.39 is 23.5 Å². The summed E-state index contributed by atoms with van der Waals surface area (Å²) in [5, 5.41) is 5.02. The van der Waals surface area contributed by atoms with Gasteiger partial charge in [-0.15, -0.1) is 0 Å². The molecule has 4 amide bonds. The van der Waals surface area contributed by atoms with E-state index in [0.29, 0.717) is 11.1 Å². The monoisotopic (exact) mass is 417 g/mol. The molecule has 7 nitrogen and oxygen atoms in total. The second kappa shape index (κ2) is 8.83. The number of hydrogen-bond acceptors (Lipinski definition) is 4. The Bertz CT molecular complexity index is 940. The predicted octanol–water partition coefficient (Wildman–Crippen LogP) is 2.01. The van der Waals surface area contributed by atoms with Gasteiger partial charge in [0.05, 0.1) is 21.7 Å². The van der Waals surface area contributed by atoms with E-state index >= 15 is 0 Å². The standard InChI is InChI=1S/C20H17ClFN3O4/c21-14-6-3-7-15(22)17(14)18(27)24-10-9-23-16(26)8-11-25-19(28)12-4-1-2-5-13(12)20(25)29/h1-7H,8-11H2,(H,23,26)(H,24,27). The minimum Gasteiger partial charge on any atom is -0.354 e. The first-order valence-corrected chi connectivity index (χ1v) is 9.22. The number of benzene rings is 2. The summed E-state index contributed by atoms with van der Waals surface area (Å²) in [7, 11) is 0. The second-order valence-electron chi connectivity index (χ2n) is 6.26. The van der Waals surface area contributed by atoms with E-state index in [0.717, 1.165) is 11.0 Å². The van der Waals surface area contributed by atoms with Crippen molar-refractivity contribution in [2.45, 2.75) is 6.42 Å². The van der Waals surface area contributed by atoms with E-state index in [9.17, 15) is 23.6 Å². The molecule has 1 aliphatic heterocycles. The highest BCUT2D eigenvalue weighted by Gasteiger charge is 2.34. The number of amides is 4. The van der Waals surface area contributed by atoms with E-state index in [-0.39, 0.29) is 42.5 Å². The van der Waals surface area contributed by atoms with Gasteiger partial charge in [-0.1, -0.05) is 29.8 Å². The van der Waals surface area contributed by atoms with Crippen LogP contribution in [0.3, 0.4) is 0 Å². The van der Waals surface area contributed by atoms with Crippen molar-refractivity contribution in [2.75, 3.05) is 19.6 Å². The van der Waals surface area contributed by atoms with Crippen molar-refractivity contribution in [3.63, 3.8) is 0 Å². The fourth-order valence-corrected chi connectivity index (χ4v) is 3.17. The largest absolute Gasteiger partial charge is 0.354 e. The molecule has 3 rings (SSSR count). The van der Waals surface area contributed by atoms with E-state index in [2.05, 4.69) is 10.6 Å². The summed E-state index contributed by atoms with van der Waals surface area (Å²) < 4.78 is 13.7. The van der Waals surface area contributed by atoms with Crippen LogP contribution in [0.4, 0.5) is 4.39 Å². The third kappa shape index (κ3) is 4.43. The zero-order valence-electron chi connectivity index (χ0n) is 15.2. The highest BCUT2D eigenvalue weighted by atomic mass is 35.5. The lowest BCUT2D eigenvalue weighted by Crippen LogP contribution is -2.37. The summed E-state index contributed by atoms with van der Waals surface area (Å²) in [5.41, 5.74) is 0.394. The van der Waals surface area contributed by atoms with Crippen molar-refractivity contribution in [1.29, 1.82) is 0 Å². The van der Waals surface area contributed by atoms with Gasteiger partial charge in [-0.3, -0.25) is 24.1 Å². The average Bonchev–Trinajstić information content (AvgIpc) is 2.94. The molecule has 0 unspecified atom stereocenters. The van der Waals surface area contributed by atoms with E-state index in [4.69, 9.17) is 11.6 Å². The zero-order chi connectivity index (χ0) is 21.0. The molecular formula is C20H17ClFN3O4. The normalized spacial score (nSPS) is 12.7. The summed E-state index contributed by atoms with van der Waals surface area (Å²) in [4.78, 5) is 49.4. The van der Waals surface area contributed by atoms with Gasteiger partial charge in [-0.25, -0.2) is 4.39 Å². The Balaban J connectivity index is 1.42. The van der Waals surface area contributed by atoms with Gasteiger partial charge in [-0.05, 0) is 24.3 Å². The Kier molecular flexibility index (Phi) is 6.23. The molecule has 29 heavy (non-hydrogen) atoms. The number of carbonyl (C=O) groups is 4. The maximum atomic E-state index is 13.7. The number of hydrogen-bond donors (Lipinski definition) is 2. The number of halogens is 2. The Hall–Kier alpha value is -3.26. The van der Waals surface area contributed by atoms with Gasteiger partial charge in [0.1, 0.15) is 5.82 Å². The van der Waals surface area contributed by atoms with Crippen molar-refractivity contribution < 1.29 is 23.6 Å². The zero-order valence-corrected chi connectivity index (χ0v) is 16.0. The molecule has 1 aliphatic rings. The lowest BCUT2D eigenvalue weighted by Gasteiger charge is -2.13. The van der Waals surface area contributed by atoms with E-state index in [1.165, 1.54) is 12.1 Å². The van der Waals surface area contributed by atoms with Gasteiger partial charge in [0, 0.05) is 26.1 Å². The molecule has 0 aliphatic carbocycles. The van der Waals surface area contributed by atoms with Crippen LogP contribution in [0.2, 0.25) is 5.02 Å². The molecule has 0 aromatic heterocycles. The quantitative estimate of drug-likeness (QED) is 0.532. The van der Waals surface area contributed by atoms with Crippen LogP contribution in [0.1, 0.15) is 37.5 Å². The van der Waals surface area contributed by atoms with Crippen molar-refractivity contribution in [1.82, 2.24) is 15.5 Å². The summed E-state index contributed by atoms with van der Waals surface area (Å²) >= 11 is 5.82. The van der Waals surface area contributed by atoms with Gasteiger partial charge in [-0.2, -0.15) is 0 Å². The molecule has 0 atom stereocenters. The number of nitrogens with one attached hydrogen (secondary N) is 2. The Morgan fingerprint density at radius 3 is 2.17 bits per heavy atom. The van der Waals surface area contributed by atoms with Crippen molar-refractivity contribution in [3.05, 3.63) is 70.0 Å². The Morgan fingerprint density at radius 1 is 0.931 bits per heavy atom. The first-order chi connectivity index (χ1) is 13.9. The smallest absolute Gasteiger partial charge is 0.261 e. The molecule has 1 heterocycles. The van der Waals surface area contributed by atoms with Crippen molar-refractivity contribution >= 4 is 35.2 Å². The van der Waals surface area contributed by atoms with Gasteiger partial charge in [0.25, 0.3) is 17.7 Å². The Labute approximate surface area is 170 Å². The lowest BCUT2D eigenvalue weighted by atomic mass is 10.1. The van der Waals surface area contributed by atoms with Gasteiger partial charge in [0.2, 0.25) is 5.91 Å². The molecule has 0 bridgehead atoms. The Morgan fingerprint density at radius 2 is 1.55 bits per heavy atom. The molecule has 9 heteroatoms. The molecule has 0 saturated carbocycles. The summed E-state index contributed by atoms with van der Waals surface area (Å²) in [5.74, 6) is -2.66. The van der Waals surface area contributed by atoms with Crippen LogP contribution in [0.15, 0.2) is 42.5 Å². The molecule has 150 valence electrons. The molecule has 0 radical (unpaired) electrons. The molecule has 2 aromatic rings.